The highest BCUT2D eigenvalue weighted by atomic mass is 16.7. The fraction of sp³-hybridized carbons (Fsp3) is 0.889. The van der Waals surface area contributed by atoms with Crippen molar-refractivity contribution in [2.45, 2.75) is 25.6 Å². The zero-order valence-electron chi connectivity index (χ0n) is 8.75. The lowest BCUT2D eigenvalue weighted by Gasteiger charge is -2.29. The monoisotopic (exact) mass is 190 g/mol. The molecule has 0 aliphatic carbocycles. The van der Waals surface area contributed by atoms with E-state index in [-0.39, 0.29) is 12.2 Å². The molecule has 0 radical (unpaired) electrons. The highest BCUT2D eigenvalue weighted by molar-refractivity contribution is 5.76. The molecule has 0 saturated heterocycles. The molecule has 4 nitrogen and oxygen atoms in total. The lowest BCUT2D eigenvalue weighted by atomic mass is 10.1. The summed E-state index contributed by atoms with van der Waals surface area (Å²) in [5.74, 6) is -0.776. The van der Waals surface area contributed by atoms with Gasteiger partial charge in [-0.05, 0) is 6.92 Å². The van der Waals surface area contributed by atoms with Gasteiger partial charge in [0.05, 0.1) is 13.0 Å². The third kappa shape index (κ3) is 4.36. The molecule has 0 unspecified atom stereocenters. The van der Waals surface area contributed by atoms with Gasteiger partial charge in [-0.1, -0.05) is 0 Å². The van der Waals surface area contributed by atoms with Gasteiger partial charge in [0.25, 0.3) is 0 Å². The third-order valence-electron chi connectivity index (χ3n) is 1.95. The van der Waals surface area contributed by atoms with Gasteiger partial charge < -0.3 is 14.2 Å². The number of methoxy groups -OCH3 is 3. The van der Waals surface area contributed by atoms with Crippen molar-refractivity contribution in [3.8, 4) is 0 Å². The van der Waals surface area contributed by atoms with E-state index in [0.717, 1.165) is 0 Å². The minimum Gasteiger partial charge on any atom is -0.384 e. The summed E-state index contributed by atoms with van der Waals surface area (Å²) in [5, 5.41) is 0. The van der Waals surface area contributed by atoms with Crippen molar-refractivity contribution >= 4 is 5.78 Å². The summed E-state index contributed by atoms with van der Waals surface area (Å²) in [7, 11) is 4.66. The SMILES string of the molecule is COCCC(CC(C)=O)(OC)OC. The van der Waals surface area contributed by atoms with Crippen LogP contribution >= 0.6 is 0 Å². The van der Waals surface area contributed by atoms with Crippen molar-refractivity contribution in [3.05, 3.63) is 0 Å². The first-order chi connectivity index (χ1) is 6.10. The fourth-order valence-electron chi connectivity index (χ4n) is 1.16. The summed E-state index contributed by atoms with van der Waals surface area (Å²) in [5.41, 5.74) is 0. The molecule has 0 amide bonds. The van der Waals surface area contributed by atoms with Gasteiger partial charge in [0, 0.05) is 27.8 Å². The van der Waals surface area contributed by atoms with Crippen LogP contribution in [-0.4, -0.2) is 39.5 Å². The van der Waals surface area contributed by atoms with Crippen molar-refractivity contribution in [2.75, 3.05) is 27.9 Å². The molecule has 4 heteroatoms. The van der Waals surface area contributed by atoms with Crippen LogP contribution in [0.1, 0.15) is 19.8 Å². The van der Waals surface area contributed by atoms with Crippen molar-refractivity contribution < 1.29 is 19.0 Å². The second kappa shape index (κ2) is 6.07. The van der Waals surface area contributed by atoms with E-state index < -0.39 is 5.79 Å². The summed E-state index contributed by atoms with van der Waals surface area (Å²) in [6.07, 6.45) is 0.805. The Morgan fingerprint density at radius 3 is 2.08 bits per heavy atom. The van der Waals surface area contributed by atoms with Crippen LogP contribution in [0.5, 0.6) is 0 Å². The molecule has 0 spiro atoms. The lowest BCUT2D eigenvalue weighted by Crippen LogP contribution is -2.37. The Labute approximate surface area is 79.2 Å². The second-order valence-electron chi connectivity index (χ2n) is 2.94. The Morgan fingerprint density at radius 1 is 1.23 bits per heavy atom. The van der Waals surface area contributed by atoms with Gasteiger partial charge >= 0.3 is 0 Å². The van der Waals surface area contributed by atoms with E-state index in [9.17, 15) is 4.79 Å². The average Bonchev–Trinajstić information content (AvgIpc) is 2.12. The zero-order chi connectivity index (χ0) is 10.3. The van der Waals surface area contributed by atoms with Crippen molar-refractivity contribution in [3.63, 3.8) is 0 Å². The first-order valence-electron chi connectivity index (χ1n) is 4.19. The van der Waals surface area contributed by atoms with Crippen LogP contribution in [-0.2, 0) is 19.0 Å². The molecule has 0 aliphatic rings. The van der Waals surface area contributed by atoms with E-state index in [1.165, 1.54) is 21.1 Å². The van der Waals surface area contributed by atoms with E-state index >= 15 is 0 Å². The van der Waals surface area contributed by atoms with Gasteiger partial charge in [0.1, 0.15) is 5.78 Å². The predicted octanol–water partition coefficient (Wildman–Crippen LogP) is 0.991. The Balaban J connectivity index is 4.21. The summed E-state index contributed by atoms with van der Waals surface area (Å²) < 4.78 is 15.3. The summed E-state index contributed by atoms with van der Waals surface area (Å²) in [4.78, 5) is 10.9. The zero-order valence-corrected chi connectivity index (χ0v) is 8.75. The number of ether oxygens (including phenoxy) is 3. The van der Waals surface area contributed by atoms with Crippen LogP contribution in [0.3, 0.4) is 0 Å². The second-order valence-corrected chi connectivity index (χ2v) is 2.94. The van der Waals surface area contributed by atoms with E-state index in [1.807, 2.05) is 0 Å². The molecule has 0 aromatic rings. The number of hydrogen-bond acceptors (Lipinski definition) is 4. The standard InChI is InChI=1S/C9H18O4/c1-8(10)7-9(12-3,13-4)5-6-11-2/h5-7H2,1-4H3. The molecular formula is C9H18O4. The summed E-state index contributed by atoms with van der Waals surface area (Å²) in [6.45, 7) is 2.02. The fourth-order valence-corrected chi connectivity index (χ4v) is 1.16. The van der Waals surface area contributed by atoms with Crippen LogP contribution in [0.15, 0.2) is 0 Å². The molecule has 0 atom stereocenters. The minimum absolute atomic E-state index is 0.0415. The molecule has 0 heterocycles. The van der Waals surface area contributed by atoms with Crippen molar-refractivity contribution in [1.29, 1.82) is 0 Å². The first kappa shape index (κ1) is 12.6. The van der Waals surface area contributed by atoms with Gasteiger partial charge in [-0.2, -0.15) is 0 Å². The first-order valence-corrected chi connectivity index (χ1v) is 4.19. The van der Waals surface area contributed by atoms with Gasteiger partial charge in [0.2, 0.25) is 0 Å². The Kier molecular flexibility index (Phi) is 5.86. The molecule has 78 valence electrons. The molecule has 0 fully saturated rings. The molecule has 13 heavy (non-hydrogen) atoms. The molecule has 0 bridgehead atoms. The number of carbonyl (C=O) groups excluding carboxylic acids is 1. The van der Waals surface area contributed by atoms with Crippen molar-refractivity contribution in [1.82, 2.24) is 0 Å². The van der Waals surface area contributed by atoms with Gasteiger partial charge in [-0.3, -0.25) is 4.79 Å². The number of rotatable bonds is 7. The predicted molar refractivity (Wildman–Crippen MR) is 48.5 cm³/mol. The van der Waals surface area contributed by atoms with E-state index in [2.05, 4.69) is 0 Å². The molecule has 0 saturated carbocycles. The maximum absolute atomic E-state index is 10.9. The van der Waals surface area contributed by atoms with Crippen LogP contribution in [0.4, 0.5) is 0 Å². The van der Waals surface area contributed by atoms with Gasteiger partial charge in [0.15, 0.2) is 5.79 Å². The maximum atomic E-state index is 10.9. The average molecular weight is 190 g/mol. The number of hydrogen-bond donors (Lipinski definition) is 0. The molecule has 0 N–H and O–H groups in total. The lowest BCUT2D eigenvalue weighted by molar-refractivity contribution is -0.217. The number of ketones is 1. The topological polar surface area (TPSA) is 44.8 Å². The number of carbonyl (C=O) groups is 1. The molecule has 0 aromatic carbocycles. The third-order valence-corrected chi connectivity index (χ3v) is 1.95. The highest BCUT2D eigenvalue weighted by Crippen LogP contribution is 2.21. The van der Waals surface area contributed by atoms with Crippen molar-refractivity contribution in [2.24, 2.45) is 0 Å². The highest BCUT2D eigenvalue weighted by Gasteiger charge is 2.30. The molecule has 0 aliphatic heterocycles. The Morgan fingerprint density at radius 2 is 1.77 bits per heavy atom. The van der Waals surface area contributed by atoms with Crippen LogP contribution in [0.25, 0.3) is 0 Å². The quantitative estimate of drug-likeness (QED) is 0.562. The molecule has 0 rings (SSSR count). The van der Waals surface area contributed by atoms with E-state index in [1.54, 1.807) is 7.11 Å². The smallest absolute Gasteiger partial charge is 0.176 e. The summed E-state index contributed by atoms with van der Waals surface area (Å²) >= 11 is 0. The van der Waals surface area contributed by atoms with Gasteiger partial charge in [-0.15, -0.1) is 0 Å². The Bertz CT molecular complexity index is 152. The molecular weight excluding hydrogens is 172 g/mol. The van der Waals surface area contributed by atoms with E-state index in [0.29, 0.717) is 13.0 Å². The minimum atomic E-state index is -0.818. The van der Waals surface area contributed by atoms with Crippen LogP contribution < -0.4 is 0 Å². The van der Waals surface area contributed by atoms with Crippen LogP contribution in [0.2, 0.25) is 0 Å². The van der Waals surface area contributed by atoms with Gasteiger partial charge in [-0.25, -0.2) is 0 Å². The number of Topliss-reactive ketones (excluding diaryl/α,β-unsaturated/α-hetero) is 1. The maximum Gasteiger partial charge on any atom is 0.176 e. The molecule has 0 aromatic heterocycles. The Hall–Kier alpha value is -0.450. The normalized spacial score (nSPS) is 11.7. The van der Waals surface area contributed by atoms with E-state index in [4.69, 9.17) is 14.2 Å². The largest absolute Gasteiger partial charge is 0.384 e. The van der Waals surface area contributed by atoms with Crippen LogP contribution in [0, 0.1) is 0 Å². The summed E-state index contributed by atoms with van der Waals surface area (Å²) in [6, 6.07) is 0.